The maximum Gasteiger partial charge on any atom is 0.404 e. The van der Waals surface area contributed by atoms with Gasteiger partial charge in [0, 0.05) is 13.0 Å². The van der Waals surface area contributed by atoms with Crippen LogP contribution in [0.25, 0.3) is 0 Å². The predicted octanol–water partition coefficient (Wildman–Crippen LogP) is 0.0507. The van der Waals surface area contributed by atoms with Gasteiger partial charge >= 0.3 is 6.09 Å². The van der Waals surface area contributed by atoms with E-state index in [1.165, 1.54) is 0 Å². The van der Waals surface area contributed by atoms with E-state index in [1.54, 1.807) is 11.4 Å². The molecule has 1 atom stereocenters. The highest BCUT2D eigenvalue weighted by molar-refractivity contribution is 7.12. The zero-order valence-electron chi connectivity index (χ0n) is 10.8. The number of piperidine rings is 1. The molecule has 1 aromatic rings. The molecule has 4 amide bonds. The molecule has 4 N–H and O–H groups in total. The third-order valence-electron chi connectivity index (χ3n) is 2.87. The van der Waals surface area contributed by atoms with Crippen LogP contribution in [0, 0.1) is 0 Å². The molecule has 1 aliphatic rings. The van der Waals surface area contributed by atoms with Gasteiger partial charge in [-0.3, -0.25) is 19.7 Å². The second kappa shape index (κ2) is 6.35. The lowest BCUT2D eigenvalue weighted by Crippen LogP contribution is -2.52. The first-order valence-electron chi connectivity index (χ1n) is 6.14. The first kappa shape index (κ1) is 15.0. The normalized spacial score (nSPS) is 18.0. The Kier molecular flexibility index (Phi) is 4.53. The Morgan fingerprint density at radius 1 is 1.43 bits per heavy atom. The Balaban J connectivity index is 1.93. The van der Waals surface area contributed by atoms with Crippen LogP contribution in [0.15, 0.2) is 11.4 Å². The van der Waals surface area contributed by atoms with Crippen LogP contribution < -0.4 is 16.0 Å². The van der Waals surface area contributed by atoms with E-state index in [2.05, 4.69) is 16.0 Å². The molecule has 1 unspecified atom stereocenters. The van der Waals surface area contributed by atoms with Gasteiger partial charge in [-0.05, 0) is 23.4 Å². The van der Waals surface area contributed by atoms with Gasteiger partial charge in [0.25, 0.3) is 5.91 Å². The van der Waals surface area contributed by atoms with Crippen molar-refractivity contribution < 1.29 is 24.3 Å². The van der Waals surface area contributed by atoms with Crippen LogP contribution in [0.2, 0.25) is 0 Å². The van der Waals surface area contributed by atoms with Crippen molar-refractivity contribution in [1.29, 1.82) is 0 Å². The molecule has 8 nitrogen and oxygen atoms in total. The van der Waals surface area contributed by atoms with Crippen LogP contribution in [0.5, 0.6) is 0 Å². The zero-order valence-corrected chi connectivity index (χ0v) is 11.7. The van der Waals surface area contributed by atoms with E-state index in [4.69, 9.17) is 5.11 Å². The van der Waals surface area contributed by atoms with Gasteiger partial charge in [-0.15, -0.1) is 11.3 Å². The van der Waals surface area contributed by atoms with Crippen LogP contribution in [-0.2, 0) is 16.1 Å². The van der Waals surface area contributed by atoms with Crippen LogP contribution in [0.1, 0.15) is 28.1 Å². The number of rotatable bonds is 4. The van der Waals surface area contributed by atoms with Crippen LogP contribution in [0.4, 0.5) is 4.79 Å². The smallest absolute Gasteiger partial charge is 0.404 e. The molecule has 21 heavy (non-hydrogen) atoms. The molecule has 9 heteroatoms. The van der Waals surface area contributed by atoms with E-state index < -0.39 is 23.9 Å². The van der Waals surface area contributed by atoms with E-state index >= 15 is 0 Å². The Hall–Kier alpha value is -2.42. The van der Waals surface area contributed by atoms with Crippen molar-refractivity contribution in [3.05, 3.63) is 21.9 Å². The molecular formula is C12H13N3O5S. The highest BCUT2D eigenvalue weighted by Gasteiger charge is 2.28. The summed E-state index contributed by atoms with van der Waals surface area (Å²) in [5.41, 5.74) is 0.663. The maximum absolute atomic E-state index is 12.0. The second-order valence-corrected chi connectivity index (χ2v) is 5.37. The molecule has 1 aromatic heterocycles. The molecule has 0 aliphatic carbocycles. The molecule has 0 aromatic carbocycles. The van der Waals surface area contributed by atoms with Crippen molar-refractivity contribution in [3.63, 3.8) is 0 Å². The number of thiophene rings is 1. The van der Waals surface area contributed by atoms with Gasteiger partial charge < -0.3 is 15.7 Å². The summed E-state index contributed by atoms with van der Waals surface area (Å²) in [6, 6.07) is 0.833. The summed E-state index contributed by atoms with van der Waals surface area (Å²) < 4.78 is 0. The molecular weight excluding hydrogens is 298 g/mol. The van der Waals surface area contributed by atoms with Gasteiger partial charge in [0.05, 0.1) is 4.88 Å². The second-order valence-electron chi connectivity index (χ2n) is 4.46. The standard InChI is InChI=1S/C12H13N3O5S/c16-9-2-1-7(10(17)15-9)14-11(18)8-3-6(5-21-8)4-13-12(19)20/h3,5,7,13H,1-2,4H2,(H,14,18)(H,19,20)(H,15,16,17). The molecule has 2 rings (SSSR count). The molecule has 112 valence electrons. The summed E-state index contributed by atoms with van der Waals surface area (Å²) in [6.07, 6.45) is -0.680. The SMILES string of the molecule is O=C(O)NCc1csc(C(=O)NC2CCC(=O)NC2=O)c1. The molecule has 1 fully saturated rings. The molecule has 0 radical (unpaired) electrons. The van der Waals surface area contributed by atoms with E-state index in [0.29, 0.717) is 10.4 Å². The molecule has 0 spiro atoms. The molecule has 0 saturated carbocycles. The van der Waals surface area contributed by atoms with Crippen LogP contribution in [0.3, 0.4) is 0 Å². The fourth-order valence-electron chi connectivity index (χ4n) is 1.83. The molecule has 2 heterocycles. The number of carbonyl (C=O) groups is 4. The lowest BCUT2D eigenvalue weighted by molar-refractivity contribution is -0.134. The first-order chi connectivity index (χ1) is 9.95. The van der Waals surface area contributed by atoms with Gasteiger partial charge in [0.2, 0.25) is 11.8 Å². The minimum absolute atomic E-state index is 0.109. The Labute approximate surface area is 123 Å². The lowest BCUT2D eigenvalue weighted by atomic mass is 10.1. The number of imide groups is 1. The highest BCUT2D eigenvalue weighted by Crippen LogP contribution is 2.15. The van der Waals surface area contributed by atoms with E-state index in [9.17, 15) is 19.2 Å². The van der Waals surface area contributed by atoms with E-state index in [1.807, 2.05) is 0 Å². The van der Waals surface area contributed by atoms with Crippen LogP contribution in [-0.4, -0.2) is 35.0 Å². The Morgan fingerprint density at radius 2 is 2.19 bits per heavy atom. The summed E-state index contributed by atoms with van der Waals surface area (Å²) in [5, 5.41) is 17.1. The third-order valence-corrected chi connectivity index (χ3v) is 3.84. The first-order valence-corrected chi connectivity index (χ1v) is 7.02. The van der Waals surface area contributed by atoms with E-state index in [-0.39, 0.29) is 25.3 Å². The van der Waals surface area contributed by atoms with Gasteiger partial charge in [0.15, 0.2) is 0 Å². The number of amides is 4. The van der Waals surface area contributed by atoms with Gasteiger partial charge in [-0.1, -0.05) is 0 Å². The van der Waals surface area contributed by atoms with Crippen molar-refractivity contribution in [1.82, 2.24) is 16.0 Å². The predicted molar refractivity (Wildman–Crippen MR) is 72.8 cm³/mol. The Morgan fingerprint density at radius 3 is 2.86 bits per heavy atom. The molecule has 1 aliphatic heterocycles. The average Bonchev–Trinajstić information content (AvgIpc) is 2.88. The van der Waals surface area contributed by atoms with E-state index in [0.717, 1.165) is 11.3 Å². The minimum atomic E-state index is -1.14. The highest BCUT2D eigenvalue weighted by atomic mass is 32.1. The van der Waals surface area contributed by atoms with Gasteiger partial charge in [0.1, 0.15) is 6.04 Å². The Bertz CT molecular complexity index is 597. The average molecular weight is 311 g/mol. The fraction of sp³-hybridized carbons (Fsp3) is 0.333. The quantitative estimate of drug-likeness (QED) is 0.585. The van der Waals surface area contributed by atoms with Gasteiger partial charge in [-0.2, -0.15) is 0 Å². The van der Waals surface area contributed by atoms with Crippen molar-refractivity contribution in [2.45, 2.75) is 25.4 Å². The van der Waals surface area contributed by atoms with Crippen LogP contribution >= 0.6 is 11.3 Å². The van der Waals surface area contributed by atoms with Gasteiger partial charge in [-0.25, -0.2) is 4.79 Å². The summed E-state index contributed by atoms with van der Waals surface area (Å²) in [7, 11) is 0. The zero-order chi connectivity index (χ0) is 15.4. The topological polar surface area (TPSA) is 125 Å². The summed E-state index contributed by atoms with van der Waals surface area (Å²) in [4.78, 5) is 45.3. The van der Waals surface area contributed by atoms with Crippen molar-refractivity contribution in [3.8, 4) is 0 Å². The molecule has 1 saturated heterocycles. The summed E-state index contributed by atoms with van der Waals surface area (Å²) in [5.74, 6) is -1.27. The minimum Gasteiger partial charge on any atom is -0.465 e. The molecule has 0 bridgehead atoms. The summed E-state index contributed by atoms with van der Waals surface area (Å²) >= 11 is 1.16. The van der Waals surface area contributed by atoms with Crippen molar-refractivity contribution in [2.24, 2.45) is 0 Å². The number of hydrogen-bond donors (Lipinski definition) is 4. The van der Waals surface area contributed by atoms with Crippen molar-refractivity contribution >= 4 is 35.2 Å². The lowest BCUT2D eigenvalue weighted by Gasteiger charge is -2.21. The number of hydrogen-bond acceptors (Lipinski definition) is 5. The largest absolute Gasteiger partial charge is 0.465 e. The van der Waals surface area contributed by atoms with Crippen molar-refractivity contribution in [2.75, 3.05) is 0 Å². The number of carboxylic acid groups (broad SMARTS) is 1. The third kappa shape index (κ3) is 4.02. The maximum atomic E-state index is 12.0. The summed E-state index contributed by atoms with van der Waals surface area (Å²) in [6.45, 7) is 0.109. The number of nitrogens with one attached hydrogen (secondary N) is 3. The number of carbonyl (C=O) groups excluding carboxylic acids is 3. The fourth-order valence-corrected chi connectivity index (χ4v) is 2.64. The monoisotopic (exact) mass is 311 g/mol.